The third kappa shape index (κ3) is 5.70. The maximum atomic E-state index is 11.9. The molecule has 0 bridgehead atoms. The van der Waals surface area contributed by atoms with Crippen LogP contribution < -0.4 is 56.1 Å². The van der Waals surface area contributed by atoms with Crippen molar-refractivity contribution in [3.05, 3.63) is 28.2 Å². The Bertz CT molecular complexity index is 407. The van der Waals surface area contributed by atoms with E-state index < -0.39 is 13.5 Å². The van der Waals surface area contributed by atoms with Gasteiger partial charge in [0.1, 0.15) is 11.8 Å². The van der Waals surface area contributed by atoms with Crippen LogP contribution in [0.25, 0.3) is 0 Å². The molecule has 0 aliphatic heterocycles. The first kappa shape index (κ1) is 16.5. The summed E-state index contributed by atoms with van der Waals surface area (Å²) in [6, 6.07) is 6.00. The van der Waals surface area contributed by atoms with Crippen molar-refractivity contribution in [3.63, 3.8) is 0 Å². The van der Waals surface area contributed by atoms with Gasteiger partial charge in [-0.25, -0.2) is 0 Å². The Kier molecular flexibility index (Phi) is 7.25. The molecule has 1 aromatic rings. The van der Waals surface area contributed by atoms with Gasteiger partial charge in [-0.3, -0.25) is 0 Å². The molecule has 0 saturated carbocycles. The minimum absolute atomic E-state index is 0. The third-order valence-corrected chi connectivity index (χ3v) is 1.98. The van der Waals surface area contributed by atoms with Crippen molar-refractivity contribution in [1.29, 1.82) is 5.26 Å². The number of ether oxygens (including phenoxy) is 1. The summed E-state index contributed by atoms with van der Waals surface area (Å²) in [4.78, 5) is 0. The Morgan fingerprint density at radius 1 is 1.38 bits per heavy atom. The van der Waals surface area contributed by atoms with E-state index in [2.05, 4.69) is 20.7 Å². The van der Waals surface area contributed by atoms with Gasteiger partial charge in [-0.1, -0.05) is 15.9 Å². The van der Waals surface area contributed by atoms with Gasteiger partial charge in [-0.05, 0) is 18.2 Å². The van der Waals surface area contributed by atoms with Crippen molar-refractivity contribution in [1.82, 2.24) is 0 Å². The molecule has 80 valence electrons. The molecule has 2 nitrogen and oxygen atoms in total. The molecule has 0 unspecified atom stereocenters. The van der Waals surface area contributed by atoms with Crippen molar-refractivity contribution in [2.45, 2.75) is 0 Å². The minimum atomic E-state index is -5.00. The first-order valence-corrected chi connectivity index (χ1v) is 4.75. The number of nitriles is 1. The van der Waals surface area contributed by atoms with Crippen LogP contribution in [0, 0.1) is 11.3 Å². The Morgan fingerprint density at radius 3 is 2.50 bits per heavy atom. The molecule has 0 atom stereocenters. The smallest absolute Gasteiger partial charge is 0.520 e. The van der Waals surface area contributed by atoms with Gasteiger partial charge < -0.3 is 17.7 Å². The van der Waals surface area contributed by atoms with E-state index in [1.165, 1.54) is 18.2 Å². The van der Waals surface area contributed by atoms with Gasteiger partial charge in [0.25, 0.3) is 0 Å². The average Bonchev–Trinajstić information content (AvgIpc) is 2.14. The van der Waals surface area contributed by atoms with Crippen molar-refractivity contribution < 1.29 is 69.1 Å². The van der Waals surface area contributed by atoms with E-state index in [-0.39, 0.29) is 62.7 Å². The van der Waals surface area contributed by atoms with Crippen LogP contribution in [0.15, 0.2) is 22.7 Å². The molecular formula is C8H5BBrF3KNO. The molecule has 0 saturated heterocycles. The Morgan fingerprint density at radius 2 is 2.00 bits per heavy atom. The average molecular weight is 318 g/mol. The van der Waals surface area contributed by atoms with E-state index in [0.717, 1.165) is 0 Å². The zero-order valence-electron chi connectivity index (χ0n) is 8.38. The van der Waals surface area contributed by atoms with Crippen LogP contribution >= 0.6 is 15.9 Å². The fourth-order valence-electron chi connectivity index (χ4n) is 0.900. The number of benzene rings is 1. The largest absolute Gasteiger partial charge is 1.00 e. The van der Waals surface area contributed by atoms with Gasteiger partial charge in [0.2, 0.25) is 0 Å². The summed E-state index contributed by atoms with van der Waals surface area (Å²) < 4.78 is 40.8. The van der Waals surface area contributed by atoms with Crippen LogP contribution in [0.4, 0.5) is 12.9 Å². The SMILES string of the molecule is N#Cc1cc(Br)ccc1OC[B-](F)(F)F.[K+]. The molecule has 8 heteroatoms. The predicted molar refractivity (Wildman–Crippen MR) is 53.4 cm³/mol. The van der Waals surface area contributed by atoms with Gasteiger partial charge >= 0.3 is 58.4 Å². The molecule has 0 N–H and O–H groups in total. The van der Waals surface area contributed by atoms with E-state index in [1.807, 2.05) is 0 Å². The summed E-state index contributed by atoms with van der Waals surface area (Å²) in [6.07, 6.45) is 0. The van der Waals surface area contributed by atoms with Crippen LogP contribution in [-0.2, 0) is 0 Å². The van der Waals surface area contributed by atoms with Crippen molar-refractivity contribution in [3.8, 4) is 11.8 Å². The van der Waals surface area contributed by atoms with Gasteiger partial charge in [0.15, 0.2) is 0 Å². The van der Waals surface area contributed by atoms with Crippen molar-refractivity contribution >= 4 is 22.9 Å². The molecule has 0 aliphatic rings. The number of nitrogens with zero attached hydrogens (tertiary/aromatic N) is 1. The molecule has 16 heavy (non-hydrogen) atoms. The Balaban J connectivity index is 0.00000225. The molecule has 0 radical (unpaired) electrons. The Hall–Kier alpha value is 0.481. The Labute approximate surface area is 142 Å². The molecule has 0 fully saturated rings. The second-order valence-electron chi connectivity index (χ2n) is 2.77. The minimum Gasteiger partial charge on any atom is -0.520 e. The summed E-state index contributed by atoms with van der Waals surface area (Å²) >= 11 is 3.10. The van der Waals surface area contributed by atoms with Gasteiger partial charge in [0.05, 0.1) is 12.1 Å². The zero-order valence-corrected chi connectivity index (χ0v) is 13.1. The molecule has 0 spiro atoms. The third-order valence-electron chi connectivity index (χ3n) is 1.49. The summed E-state index contributed by atoms with van der Waals surface area (Å²) in [5.41, 5.74) is 0.0735. The molecular weight excluding hydrogens is 313 g/mol. The van der Waals surface area contributed by atoms with Crippen LogP contribution in [-0.4, -0.2) is 13.5 Å². The van der Waals surface area contributed by atoms with Crippen LogP contribution in [0.2, 0.25) is 0 Å². The summed E-state index contributed by atoms with van der Waals surface area (Å²) in [5, 5.41) is 8.65. The maximum Gasteiger partial charge on any atom is 1.00 e. The second kappa shape index (κ2) is 7.04. The van der Waals surface area contributed by atoms with Crippen molar-refractivity contribution in [2.24, 2.45) is 0 Å². The van der Waals surface area contributed by atoms with Crippen LogP contribution in [0.1, 0.15) is 5.56 Å². The first-order valence-electron chi connectivity index (χ1n) is 3.96. The molecule has 1 rings (SSSR count). The number of halogens is 4. The molecule has 1 aromatic carbocycles. The van der Waals surface area contributed by atoms with Crippen LogP contribution in [0.5, 0.6) is 5.75 Å². The van der Waals surface area contributed by atoms with E-state index in [1.54, 1.807) is 6.07 Å². The van der Waals surface area contributed by atoms with Crippen LogP contribution in [0.3, 0.4) is 0 Å². The molecule has 0 heterocycles. The summed E-state index contributed by atoms with van der Waals surface area (Å²) in [6.45, 7) is -6.34. The van der Waals surface area contributed by atoms with Crippen molar-refractivity contribution in [2.75, 3.05) is 6.51 Å². The first-order chi connectivity index (χ1) is 6.92. The van der Waals surface area contributed by atoms with E-state index in [0.29, 0.717) is 4.47 Å². The number of hydrogen-bond acceptors (Lipinski definition) is 2. The van der Waals surface area contributed by atoms with E-state index in [9.17, 15) is 12.9 Å². The maximum absolute atomic E-state index is 11.9. The van der Waals surface area contributed by atoms with E-state index >= 15 is 0 Å². The topological polar surface area (TPSA) is 33.0 Å². The molecule has 0 amide bonds. The monoisotopic (exact) mass is 317 g/mol. The predicted octanol–water partition coefficient (Wildman–Crippen LogP) is 0.0902. The molecule has 0 aliphatic carbocycles. The normalized spacial score (nSPS) is 10.2. The number of hydrogen-bond donors (Lipinski definition) is 0. The fraction of sp³-hybridized carbons (Fsp3) is 0.125. The number of rotatable bonds is 3. The van der Waals surface area contributed by atoms with E-state index in [4.69, 9.17) is 5.26 Å². The van der Waals surface area contributed by atoms with Gasteiger partial charge in [0, 0.05) is 4.47 Å². The summed E-state index contributed by atoms with van der Waals surface area (Å²) in [5.74, 6) is -0.0556. The standard InChI is InChI=1S/C8H5BBrF3NO.K/c10-7-1-2-8(6(3-7)4-14)15-5-9(11,12)13;/h1-3H,5H2;/q-1;+1. The zero-order chi connectivity index (χ0) is 11.5. The fourth-order valence-corrected chi connectivity index (χ4v) is 1.26. The quantitative estimate of drug-likeness (QED) is 0.740. The van der Waals surface area contributed by atoms with Gasteiger partial charge in [-0.2, -0.15) is 5.26 Å². The van der Waals surface area contributed by atoms with Gasteiger partial charge in [-0.15, -0.1) is 0 Å². The summed E-state index contributed by atoms with van der Waals surface area (Å²) in [7, 11) is 0. The second-order valence-corrected chi connectivity index (χ2v) is 3.69. The molecule has 0 aromatic heterocycles.